The number of carbonyl (C=O) groups excluding carboxylic acids is 2. The number of amides is 2. The van der Waals surface area contributed by atoms with Crippen molar-refractivity contribution >= 4 is 29.4 Å². The van der Waals surface area contributed by atoms with Crippen molar-refractivity contribution in [2.45, 2.75) is 25.0 Å². The zero-order valence-electron chi connectivity index (χ0n) is 14.6. The largest absolute Gasteiger partial charge is 0.479 e. The maximum absolute atomic E-state index is 14.0. The number of carbonyl (C=O) groups is 3. The Morgan fingerprint density at radius 3 is 2.36 bits per heavy atom. The standard InChI is InChI=1S/C19H18ClFN2O5/c20-12-5-6-15(21)14(8-12)11-3-1-10(2-4-11)7-13(9-16(24)19(27)28)23-18(26)17(22)25/h1-6,8,13,16,24H,7,9H2,(H2,22,25)(H,23,26)(H,27,28)/t13-,16-/m1/s1. The van der Waals surface area contributed by atoms with Crippen molar-refractivity contribution < 1.29 is 29.0 Å². The SMILES string of the molecule is NC(=O)C(=O)N[C@H](Cc1ccc(-c2cc(Cl)ccc2F)cc1)C[C@@H](O)C(=O)O. The Kier molecular flexibility index (Phi) is 7.08. The van der Waals surface area contributed by atoms with Gasteiger partial charge in [0, 0.05) is 23.0 Å². The smallest absolute Gasteiger partial charge is 0.332 e. The lowest BCUT2D eigenvalue weighted by Gasteiger charge is -2.19. The lowest BCUT2D eigenvalue weighted by Crippen LogP contribution is -2.45. The molecule has 2 amide bonds. The fourth-order valence-electron chi connectivity index (χ4n) is 2.64. The second kappa shape index (κ2) is 9.29. The molecule has 148 valence electrons. The summed E-state index contributed by atoms with van der Waals surface area (Å²) in [6, 6.07) is 9.95. The monoisotopic (exact) mass is 408 g/mol. The summed E-state index contributed by atoms with van der Waals surface area (Å²) in [4.78, 5) is 33.4. The number of carboxylic acids is 1. The highest BCUT2D eigenvalue weighted by molar-refractivity contribution is 6.34. The van der Waals surface area contributed by atoms with E-state index in [1.807, 2.05) is 0 Å². The maximum atomic E-state index is 14.0. The Morgan fingerprint density at radius 1 is 1.14 bits per heavy atom. The number of benzene rings is 2. The molecular weight excluding hydrogens is 391 g/mol. The lowest BCUT2D eigenvalue weighted by molar-refractivity contribution is -0.147. The number of aliphatic carboxylic acids is 1. The molecule has 0 heterocycles. The van der Waals surface area contributed by atoms with Gasteiger partial charge < -0.3 is 21.3 Å². The summed E-state index contributed by atoms with van der Waals surface area (Å²) in [7, 11) is 0. The quantitative estimate of drug-likeness (QED) is 0.516. The van der Waals surface area contributed by atoms with Gasteiger partial charge in [-0.2, -0.15) is 0 Å². The Balaban J connectivity index is 2.19. The van der Waals surface area contributed by atoms with Crippen LogP contribution in [0.2, 0.25) is 5.02 Å². The van der Waals surface area contributed by atoms with E-state index < -0.39 is 35.7 Å². The molecule has 0 radical (unpaired) electrons. The summed E-state index contributed by atoms with van der Waals surface area (Å²) >= 11 is 5.90. The minimum atomic E-state index is -1.72. The molecule has 28 heavy (non-hydrogen) atoms. The molecule has 0 saturated heterocycles. The minimum Gasteiger partial charge on any atom is -0.479 e. The van der Waals surface area contributed by atoms with Crippen LogP contribution in [0.4, 0.5) is 4.39 Å². The Labute approximate surface area is 164 Å². The highest BCUT2D eigenvalue weighted by Gasteiger charge is 2.23. The first-order chi connectivity index (χ1) is 13.2. The number of aliphatic hydroxyl groups is 1. The molecule has 5 N–H and O–H groups in total. The van der Waals surface area contributed by atoms with Gasteiger partial charge in [-0.05, 0) is 35.7 Å². The molecule has 9 heteroatoms. The highest BCUT2D eigenvalue weighted by atomic mass is 35.5. The first-order valence-corrected chi connectivity index (χ1v) is 8.60. The van der Waals surface area contributed by atoms with Crippen LogP contribution in [0.15, 0.2) is 42.5 Å². The number of hydrogen-bond acceptors (Lipinski definition) is 4. The summed E-state index contributed by atoms with van der Waals surface area (Å²) in [5.41, 5.74) is 6.46. The van der Waals surface area contributed by atoms with Crippen LogP contribution in [0.1, 0.15) is 12.0 Å². The van der Waals surface area contributed by atoms with E-state index in [4.69, 9.17) is 22.4 Å². The van der Waals surface area contributed by atoms with Gasteiger partial charge >= 0.3 is 17.8 Å². The number of halogens is 2. The Bertz CT molecular complexity index is 888. The van der Waals surface area contributed by atoms with Crippen molar-refractivity contribution in [3.8, 4) is 11.1 Å². The van der Waals surface area contributed by atoms with Crippen molar-refractivity contribution in [2.75, 3.05) is 0 Å². The Morgan fingerprint density at radius 2 is 1.79 bits per heavy atom. The van der Waals surface area contributed by atoms with E-state index in [9.17, 15) is 23.9 Å². The van der Waals surface area contributed by atoms with Crippen molar-refractivity contribution in [3.63, 3.8) is 0 Å². The molecule has 0 aliphatic carbocycles. The van der Waals surface area contributed by atoms with E-state index in [0.717, 1.165) is 0 Å². The maximum Gasteiger partial charge on any atom is 0.332 e. The lowest BCUT2D eigenvalue weighted by atomic mass is 9.97. The number of carboxylic acid groups (broad SMARTS) is 1. The van der Waals surface area contributed by atoms with Crippen LogP contribution in [0.25, 0.3) is 11.1 Å². The summed E-state index contributed by atoms with van der Waals surface area (Å²) in [5, 5.41) is 21.1. The summed E-state index contributed by atoms with van der Waals surface area (Å²) in [5.74, 6) is -4.19. The van der Waals surface area contributed by atoms with Gasteiger partial charge in [-0.3, -0.25) is 9.59 Å². The number of nitrogens with two attached hydrogens (primary N) is 1. The molecule has 0 saturated carbocycles. The molecule has 0 aliphatic rings. The zero-order chi connectivity index (χ0) is 20.8. The first kappa shape index (κ1) is 21.3. The second-order valence-electron chi connectivity index (χ2n) is 6.15. The predicted molar refractivity (Wildman–Crippen MR) is 99.9 cm³/mol. The van der Waals surface area contributed by atoms with E-state index in [1.54, 1.807) is 24.3 Å². The minimum absolute atomic E-state index is 0.127. The van der Waals surface area contributed by atoms with E-state index in [1.165, 1.54) is 18.2 Å². The second-order valence-corrected chi connectivity index (χ2v) is 6.59. The molecule has 2 aromatic rings. The van der Waals surface area contributed by atoms with Gasteiger partial charge in [-0.1, -0.05) is 35.9 Å². The molecular formula is C19H18ClFN2O5. The Hall–Kier alpha value is -2.97. The van der Waals surface area contributed by atoms with Gasteiger partial charge in [-0.25, -0.2) is 9.18 Å². The summed E-state index contributed by atoms with van der Waals surface area (Å²) < 4.78 is 14.0. The van der Waals surface area contributed by atoms with Crippen molar-refractivity contribution in [3.05, 3.63) is 58.9 Å². The van der Waals surface area contributed by atoms with Gasteiger partial charge in [0.1, 0.15) is 5.82 Å². The van der Waals surface area contributed by atoms with E-state index in [2.05, 4.69) is 5.32 Å². The third kappa shape index (κ3) is 5.77. The third-order valence-corrected chi connectivity index (χ3v) is 4.26. The van der Waals surface area contributed by atoms with Crippen LogP contribution in [-0.2, 0) is 20.8 Å². The number of nitrogens with one attached hydrogen (secondary N) is 1. The number of aliphatic hydroxyl groups excluding tert-OH is 1. The molecule has 0 bridgehead atoms. The van der Waals surface area contributed by atoms with Gasteiger partial charge in [0.05, 0.1) is 0 Å². The van der Waals surface area contributed by atoms with Gasteiger partial charge in [-0.15, -0.1) is 0 Å². The molecule has 0 fully saturated rings. The topological polar surface area (TPSA) is 130 Å². The predicted octanol–water partition coefficient (Wildman–Crippen LogP) is 1.49. The van der Waals surface area contributed by atoms with Crippen molar-refractivity contribution in [2.24, 2.45) is 5.73 Å². The molecule has 2 atom stereocenters. The average Bonchev–Trinajstić information content (AvgIpc) is 2.64. The average molecular weight is 409 g/mol. The molecule has 7 nitrogen and oxygen atoms in total. The molecule has 2 rings (SSSR count). The van der Waals surface area contributed by atoms with E-state index in [-0.39, 0.29) is 12.8 Å². The summed E-state index contributed by atoms with van der Waals surface area (Å²) in [6.07, 6.45) is -1.92. The number of hydrogen-bond donors (Lipinski definition) is 4. The third-order valence-electron chi connectivity index (χ3n) is 4.03. The van der Waals surface area contributed by atoms with Crippen LogP contribution >= 0.6 is 11.6 Å². The first-order valence-electron chi connectivity index (χ1n) is 8.23. The number of primary amides is 1. The van der Waals surface area contributed by atoms with E-state index in [0.29, 0.717) is 21.7 Å². The summed E-state index contributed by atoms with van der Waals surface area (Å²) in [6.45, 7) is 0. The molecule has 0 spiro atoms. The zero-order valence-corrected chi connectivity index (χ0v) is 15.3. The number of rotatable bonds is 7. The van der Waals surface area contributed by atoms with Gasteiger partial charge in [0.25, 0.3) is 0 Å². The van der Waals surface area contributed by atoms with Gasteiger partial charge in [0.2, 0.25) is 0 Å². The molecule has 0 aliphatic heterocycles. The van der Waals surface area contributed by atoms with Gasteiger partial charge in [0.15, 0.2) is 6.10 Å². The van der Waals surface area contributed by atoms with Crippen LogP contribution in [0, 0.1) is 5.82 Å². The molecule has 2 aromatic carbocycles. The van der Waals surface area contributed by atoms with Crippen LogP contribution in [0.3, 0.4) is 0 Å². The van der Waals surface area contributed by atoms with Crippen LogP contribution in [0.5, 0.6) is 0 Å². The normalized spacial score (nSPS) is 12.8. The fraction of sp³-hybridized carbons (Fsp3) is 0.211. The molecule has 0 unspecified atom stereocenters. The molecule has 0 aromatic heterocycles. The highest BCUT2D eigenvalue weighted by Crippen LogP contribution is 2.26. The van der Waals surface area contributed by atoms with Crippen LogP contribution < -0.4 is 11.1 Å². The fourth-order valence-corrected chi connectivity index (χ4v) is 2.82. The van der Waals surface area contributed by atoms with Crippen LogP contribution in [-0.4, -0.2) is 40.1 Å². The van der Waals surface area contributed by atoms with E-state index >= 15 is 0 Å². The van der Waals surface area contributed by atoms with Crippen molar-refractivity contribution in [1.82, 2.24) is 5.32 Å². The van der Waals surface area contributed by atoms with Crippen molar-refractivity contribution in [1.29, 1.82) is 0 Å².